The van der Waals surface area contributed by atoms with Crippen LogP contribution in [0.15, 0.2) is 0 Å². The van der Waals surface area contributed by atoms with Gasteiger partial charge in [0.05, 0.1) is 0 Å². The highest BCUT2D eigenvalue weighted by atomic mass is 15.1. The fourth-order valence-corrected chi connectivity index (χ4v) is 3.72. The third-order valence-corrected chi connectivity index (χ3v) is 4.49. The van der Waals surface area contributed by atoms with Crippen LogP contribution in [0.25, 0.3) is 0 Å². The molecule has 0 aromatic heterocycles. The van der Waals surface area contributed by atoms with E-state index in [0.29, 0.717) is 5.41 Å². The average Bonchev–Trinajstić information content (AvgIpc) is 2.22. The van der Waals surface area contributed by atoms with E-state index in [0.717, 1.165) is 5.92 Å². The lowest BCUT2D eigenvalue weighted by atomic mass is 9.65. The van der Waals surface area contributed by atoms with Crippen molar-refractivity contribution in [2.75, 3.05) is 33.2 Å². The molecule has 0 aromatic carbocycles. The molecule has 0 radical (unpaired) electrons. The van der Waals surface area contributed by atoms with Gasteiger partial charge in [0.25, 0.3) is 0 Å². The quantitative estimate of drug-likeness (QED) is 0.751. The van der Waals surface area contributed by atoms with E-state index in [1.807, 2.05) is 0 Å². The summed E-state index contributed by atoms with van der Waals surface area (Å²) >= 11 is 0. The van der Waals surface area contributed by atoms with E-state index in [1.54, 1.807) is 0 Å². The fourth-order valence-electron chi connectivity index (χ4n) is 3.72. The number of piperidine rings is 2. The second kappa shape index (κ2) is 4.84. The number of likely N-dealkylation sites (tertiary alicyclic amines) is 1. The van der Waals surface area contributed by atoms with Gasteiger partial charge >= 0.3 is 0 Å². The molecule has 0 aliphatic carbocycles. The molecule has 88 valence electrons. The number of hydrogen-bond donors (Lipinski definition) is 1. The van der Waals surface area contributed by atoms with Crippen LogP contribution in [0.3, 0.4) is 0 Å². The Labute approximate surface area is 94.4 Å². The number of nitrogens with one attached hydrogen (secondary N) is 1. The van der Waals surface area contributed by atoms with E-state index in [-0.39, 0.29) is 0 Å². The molecule has 2 heterocycles. The number of hydrogen-bond acceptors (Lipinski definition) is 2. The van der Waals surface area contributed by atoms with E-state index < -0.39 is 0 Å². The molecule has 2 atom stereocenters. The minimum absolute atomic E-state index is 0.661. The molecule has 2 rings (SSSR count). The van der Waals surface area contributed by atoms with Crippen LogP contribution in [0.5, 0.6) is 0 Å². The molecule has 1 spiro atoms. The Morgan fingerprint density at radius 3 is 3.00 bits per heavy atom. The fraction of sp³-hybridized carbons (Fsp3) is 1.00. The Kier molecular flexibility index (Phi) is 3.68. The summed E-state index contributed by atoms with van der Waals surface area (Å²) < 4.78 is 0. The lowest BCUT2D eigenvalue weighted by molar-refractivity contribution is 0.0168. The molecule has 1 N–H and O–H groups in total. The number of nitrogens with zero attached hydrogens (tertiary/aromatic N) is 1. The van der Waals surface area contributed by atoms with E-state index in [2.05, 4.69) is 24.2 Å². The van der Waals surface area contributed by atoms with Crippen molar-refractivity contribution in [3.8, 4) is 0 Å². The molecule has 0 aromatic rings. The third-order valence-electron chi connectivity index (χ3n) is 4.49. The molecular weight excluding hydrogens is 184 g/mol. The van der Waals surface area contributed by atoms with E-state index in [1.165, 1.54) is 58.3 Å². The minimum atomic E-state index is 0.661. The van der Waals surface area contributed by atoms with Crippen LogP contribution >= 0.6 is 0 Å². The molecule has 2 aliphatic heterocycles. The van der Waals surface area contributed by atoms with Crippen LogP contribution in [-0.4, -0.2) is 38.1 Å². The molecule has 2 fully saturated rings. The van der Waals surface area contributed by atoms with Crippen molar-refractivity contribution in [1.29, 1.82) is 0 Å². The Bertz CT molecular complexity index is 199. The van der Waals surface area contributed by atoms with Gasteiger partial charge in [-0.15, -0.1) is 0 Å². The van der Waals surface area contributed by atoms with Crippen LogP contribution < -0.4 is 5.32 Å². The largest absolute Gasteiger partial charge is 0.316 e. The summed E-state index contributed by atoms with van der Waals surface area (Å²) in [5, 5.41) is 3.59. The Morgan fingerprint density at radius 2 is 2.27 bits per heavy atom. The summed E-state index contributed by atoms with van der Waals surface area (Å²) in [5.41, 5.74) is 0.661. The first-order valence-electron chi connectivity index (χ1n) is 6.66. The SMILES string of the molecule is CCCC1CNCCC12CCCN(C)C2. The molecular formula is C13H26N2. The minimum Gasteiger partial charge on any atom is -0.316 e. The lowest BCUT2D eigenvalue weighted by Crippen LogP contribution is -2.53. The number of rotatable bonds is 2. The van der Waals surface area contributed by atoms with Crippen LogP contribution in [0.2, 0.25) is 0 Å². The van der Waals surface area contributed by atoms with E-state index in [4.69, 9.17) is 0 Å². The van der Waals surface area contributed by atoms with Gasteiger partial charge in [-0.1, -0.05) is 13.3 Å². The summed E-state index contributed by atoms with van der Waals surface area (Å²) in [4.78, 5) is 2.55. The Hall–Kier alpha value is -0.0800. The highest BCUT2D eigenvalue weighted by Gasteiger charge is 2.42. The van der Waals surface area contributed by atoms with E-state index >= 15 is 0 Å². The molecule has 2 heteroatoms. The normalized spacial score (nSPS) is 38.4. The Morgan fingerprint density at radius 1 is 1.40 bits per heavy atom. The van der Waals surface area contributed by atoms with Crippen molar-refractivity contribution in [3.63, 3.8) is 0 Å². The van der Waals surface area contributed by atoms with Gasteiger partial charge < -0.3 is 10.2 Å². The van der Waals surface area contributed by atoms with Crippen molar-refractivity contribution in [2.24, 2.45) is 11.3 Å². The van der Waals surface area contributed by atoms with Crippen molar-refractivity contribution < 1.29 is 0 Å². The first-order valence-corrected chi connectivity index (χ1v) is 6.66. The molecule has 2 unspecified atom stereocenters. The maximum absolute atomic E-state index is 3.59. The van der Waals surface area contributed by atoms with Gasteiger partial charge in [-0.2, -0.15) is 0 Å². The van der Waals surface area contributed by atoms with Crippen LogP contribution in [-0.2, 0) is 0 Å². The molecule has 2 aliphatic rings. The zero-order chi connectivity index (χ0) is 10.7. The summed E-state index contributed by atoms with van der Waals surface area (Å²) in [6.07, 6.45) is 7.06. The first kappa shape index (κ1) is 11.4. The van der Waals surface area contributed by atoms with Gasteiger partial charge in [0.1, 0.15) is 0 Å². The molecule has 2 saturated heterocycles. The molecule has 15 heavy (non-hydrogen) atoms. The maximum Gasteiger partial charge on any atom is 0.00385 e. The van der Waals surface area contributed by atoms with Gasteiger partial charge in [-0.05, 0) is 63.7 Å². The second-order valence-corrected chi connectivity index (χ2v) is 5.64. The highest BCUT2D eigenvalue weighted by Crippen LogP contribution is 2.43. The zero-order valence-corrected chi connectivity index (χ0v) is 10.4. The summed E-state index contributed by atoms with van der Waals surface area (Å²) in [7, 11) is 2.30. The highest BCUT2D eigenvalue weighted by molar-refractivity contribution is 4.95. The predicted molar refractivity (Wildman–Crippen MR) is 65.0 cm³/mol. The van der Waals surface area contributed by atoms with Crippen molar-refractivity contribution >= 4 is 0 Å². The monoisotopic (exact) mass is 210 g/mol. The van der Waals surface area contributed by atoms with Gasteiger partial charge in [-0.3, -0.25) is 0 Å². The van der Waals surface area contributed by atoms with Crippen LogP contribution in [0.1, 0.15) is 39.0 Å². The van der Waals surface area contributed by atoms with E-state index in [9.17, 15) is 0 Å². The third kappa shape index (κ3) is 2.36. The van der Waals surface area contributed by atoms with Crippen molar-refractivity contribution in [2.45, 2.75) is 39.0 Å². The molecule has 0 bridgehead atoms. The van der Waals surface area contributed by atoms with Crippen LogP contribution in [0.4, 0.5) is 0 Å². The summed E-state index contributed by atoms with van der Waals surface area (Å²) in [6, 6.07) is 0. The molecule has 0 amide bonds. The Balaban J connectivity index is 2.06. The van der Waals surface area contributed by atoms with Gasteiger partial charge in [-0.25, -0.2) is 0 Å². The summed E-state index contributed by atoms with van der Waals surface area (Å²) in [5.74, 6) is 0.930. The van der Waals surface area contributed by atoms with Gasteiger partial charge in [0.2, 0.25) is 0 Å². The maximum atomic E-state index is 3.59. The zero-order valence-electron chi connectivity index (χ0n) is 10.4. The second-order valence-electron chi connectivity index (χ2n) is 5.64. The smallest absolute Gasteiger partial charge is 0.00385 e. The van der Waals surface area contributed by atoms with Crippen molar-refractivity contribution in [1.82, 2.24) is 10.2 Å². The first-order chi connectivity index (χ1) is 7.27. The topological polar surface area (TPSA) is 15.3 Å². The van der Waals surface area contributed by atoms with Gasteiger partial charge in [0, 0.05) is 6.54 Å². The van der Waals surface area contributed by atoms with Crippen LogP contribution in [0, 0.1) is 11.3 Å². The predicted octanol–water partition coefficient (Wildman–Crippen LogP) is 2.11. The van der Waals surface area contributed by atoms with Crippen molar-refractivity contribution in [3.05, 3.63) is 0 Å². The standard InChI is InChI=1S/C13H26N2/c1-3-5-12-10-14-8-7-13(12)6-4-9-15(2)11-13/h12,14H,3-11H2,1-2H3. The molecule has 0 saturated carbocycles. The molecule has 2 nitrogen and oxygen atoms in total. The average molecular weight is 210 g/mol. The summed E-state index contributed by atoms with van der Waals surface area (Å²) in [6.45, 7) is 7.50. The van der Waals surface area contributed by atoms with Gasteiger partial charge in [0.15, 0.2) is 0 Å². The lowest BCUT2D eigenvalue weighted by Gasteiger charge is -2.49.